The van der Waals surface area contributed by atoms with Gasteiger partial charge in [0.25, 0.3) is 0 Å². The van der Waals surface area contributed by atoms with Crippen molar-refractivity contribution in [1.82, 2.24) is 4.37 Å². The highest BCUT2D eigenvalue weighted by atomic mass is 32.2. The molecule has 0 aliphatic heterocycles. The van der Waals surface area contributed by atoms with E-state index in [0.717, 1.165) is 30.8 Å². The SMILES string of the molecule is CC(C)CCN(C)c1snc(N)c1S(C)(=O)=O. The number of hydrogen-bond acceptors (Lipinski definition) is 6. The highest BCUT2D eigenvalue weighted by molar-refractivity contribution is 7.91. The Kier molecular flexibility index (Phi) is 4.37. The van der Waals surface area contributed by atoms with Gasteiger partial charge in [0, 0.05) is 19.8 Å². The van der Waals surface area contributed by atoms with E-state index in [1.165, 1.54) is 0 Å². The molecule has 0 bridgehead atoms. The maximum absolute atomic E-state index is 11.6. The molecular formula is C10H19N3O2S2. The van der Waals surface area contributed by atoms with E-state index >= 15 is 0 Å². The third kappa shape index (κ3) is 3.57. The van der Waals surface area contributed by atoms with Gasteiger partial charge in [-0.05, 0) is 23.9 Å². The Labute approximate surface area is 107 Å². The van der Waals surface area contributed by atoms with Crippen LogP contribution in [0.3, 0.4) is 0 Å². The fourth-order valence-corrected chi connectivity index (χ4v) is 3.65. The molecular weight excluding hydrogens is 258 g/mol. The van der Waals surface area contributed by atoms with Crippen molar-refractivity contribution >= 4 is 32.2 Å². The van der Waals surface area contributed by atoms with Crippen LogP contribution in [0.15, 0.2) is 4.90 Å². The molecule has 0 fully saturated rings. The molecule has 0 amide bonds. The normalized spacial score (nSPS) is 12.1. The van der Waals surface area contributed by atoms with E-state index in [4.69, 9.17) is 5.73 Å². The molecule has 0 aliphatic rings. The molecule has 0 aliphatic carbocycles. The summed E-state index contributed by atoms with van der Waals surface area (Å²) in [7, 11) is -1.46. The Morgan fingerprint density at radius 2 is 2.06 bits per heavy atom. The van der Waals surface area contributed by atoms with Crippen LogP contribution in [0.5, 0.6) is 0 Å². The average molecular weight is 277 g/mol. The number of hydrogen-bond donors (Lipinski definition) is 1. The molecule has 0 saturated heterocycles. The van der Waals surface area contributed by atoms with Crippen LogP contribution in [0.2, 0.25) is 0 Å². The lowest BCUT2D eigenvalue weighted by Gasteiger charge is -2.19. The average Bonchev–Trinajstić information content (AvgIpc) is 2.55. The summed E-state index contributed by atoms with van der Waals surface area (Å²) in [4.78, 5) is 2.07. The van der Waals surface area contributed by atoms with Gasteiger partial charge in [-0.3, -0.25) is 0 Å². The molecule has 1 heterocycles. The molecule has 2 N–H and O–H groups in total. The molecule has 0 spiro atoms. The van der Waals surface area contributed by atoms with Crippen molar-refractivity contribution in [2.45, 2.75) is 25.2 Å². The summed E-state index contributed by atoms with van der Waals surface area (Å²) in [6.07, 6.45) is 2.16. The van der Waals surface area contributed by atoms with Crippen molar-refractivity contribution < 1.29 is 8.42 Å². The molecule has 0 aromatic carbocycles. The van der Waals surface area contributed by atoms with Gasteiger partial charge in [-0.1, -0.05) is 13.8 Å². The van der Waals surface area contributed by atoms with Crippen molar-refractivity contribution in [2.75, 3.05) is 30.5 Å². The molecule has 7 heteroatoms. The topological polar surface area (TPSA) is 76.3 Å². The zero-order chi connectivity index (χ0) is 13.2. The Balaban J connectivity index is 2.99. The summed E-state index contributed by atoms with van der Waals surface area (Å²) in [6, 6.07) is 0. The second-order valence-electron chi connectivity index (χ2n) is 4.58. The van der Waals surface area contributed by atoms with E-state index in [1.807, 2.05) is 11.9 Å². The van der Waals surface area contributed by atoms with Crippen molar-refractivity contribution in [3.63, 3.8) is 0 Å². The first-order chi connectivity index (χ1) is 7.73. The lowest BCUT2D eigenvalue weighted by atomic mass is 10.1. The molecule has 1 rings (SSSR count). The summed E-state index contributed by atoms with van der Waals surface area (Å²) in [5.74, 6) is 0.674. The van der Waals surface area contributed by atoms with Crippen LogP contribution in [0.1, 0.15) is 20.3 Å². The van der Waals surface area contributed by atoms with Gasteiger partial charge in [-0.25, -0.2) is 8.42 Å². The van der Waals surface area contributed by atoms with Gasteiger partial charge in [0.2, 0.25) is 0 Å². The fraction of sp³-hybridized carbons (Fsp3) is 0.700. The monoisotopic (exact) mass is 277 g/mol. The van der Waals surface area contributed by atoms with Crippen LogP contribution in [0.4, 0.5) is 10.8 Å². The first-order valence-electron chi connectivity index (χ1n) is 5.39. The summed E-state index contributed by atoms with van der Waals surface area (Å²) >= 11 is 1.13. The van der Waals surface area contributed by atoms with Gasteiger partial charge in [0.15, 0.2) is 15.7 Å². The van der Waals surface area contributed by atoms with Gasteiger partial charge in [-0.15, -0.1) is 0 Å². The highest BCUT2D eigenvalue weighted by Gasteiger charge is 2.23. The molecule has 17 heavy (non-hydrogen) atoms. The summed E-state index contributed by atoms with van der Waals surface area (Å²) < 4.78 is 27.2. The van der Waals surface area contributed by atoms with E-state index in [1.54, 1.807) is 0 Å². The van der Waals surface area contributed by atoms with Gasteiger partial charge >= 0.3 is 0 Å². The summed E-state index contributed by atoms with van der Waals surface area (Å²) in [5, 5.41) is 0.630. The molecule has 5 nitrogen and oxygen atoms in total. The minimum Gasteiger partial charge on any atom is -0.382 e. The van der Waals surface area contributed by atoms with E-state index in [2.05, 4.69) is 18.2 Å². The molecule has 0 atom stereocenters. The largest absolute Gasteiger partial charge is 0.382 e. The van der Waals surface area contributed by atoms with Gasteiger partial charge in [-0.2, -0.15) is 4.37 Å². The minimum absolute atomic E-state index is 0.101. The summed E-state index contributed by atoms with van der Waals surface area (Å²) in [5.41, 5.74) is 5.61. The van der Waals surface area contributed by atoms with Gasteiger partial charge in [0.1, 0.15) is 9.90 Å². The maximum atomic E-state index is 11.6. The molecule has 0 saturated carbocycles. The Morgan fingerprint density at radius 3 is 2.53 bits per heavy atom. The van der Waals surface area contributed by atoms with E-state index < -0.39 is 9.84 Å². The summed E-state index contributed by atoms with van der Waals surface area (Å²) in [6.45, 7) is 5.06. The molecule has 0 radical (unpaired) electrons. The van der Waals surface area contributed by atoms with Crippen LogP contribution < -0.4 is 10.6 Å². The van der Waals surface area contributed by atoms with Crippen LogP contribution in [-0.4, -0.2) is 32.6 Å². The second kappa shape index (κ2) is 5.22. The zero-order valence-corrected chi connectivity index (χ0v) is 12.2. The molecule has 0 unspecified atom stereocenters. The van der Waals surface area contributed by atoms with Crippen molar-refractivity contribution in [3.05, 3.63) is 0 Å². The van der Waals surface area contributed by atoms with E-state index in [-0.39, 0.29) is 10.7 Å². The van der Waals surface area contributed by atoms with Crippen LogP contribution >= 0.6 is 11.5 Å². The van der Waals surface area contributed by atoms with E-state index in [9.17, 15) is 8.42 Å². The molecule has 98 valence electrons. The third-order valence-corrected chi connectivity index (χ3v) is 4.67. The first kappa shape index (κ1) is 14.2. The van der Waals surface area contributed by atoms with Crippen molar-refractivity contribution in [3.8, 4) is 0 Å². The third-order valence-electron chi connectivity index (χ3n) is 2.42. The van der Waals surface area contributed by atoms with Crippen molar-refractivity contribution in [1.29, 1.82) is 0 Å². The number of rotatable bonds is 5. The standard InChI is InChI=1S/C10H19N3O2S2/c1-7(2)5-6-13(3)10-8(17(4,14)15)9(11)12-16-10/h7H,5-6H2,1-4H3,(H2,11,12). The van der Waals surface area contributed by atoms with Gasteiger partial charge in [0.05, 0.1) is 0 Å². The number of anilines is 2. The Morgan fingerprint density at radius 1 is 1.47 bits per heavy atom. The second-order valence-corrected chi connectivity index (χ2v) is 7.28. The zero-order valence-electron chi connectivity index (χ0n) is 10.6. The van der Waals surface area contributed by atoms with Crippen LogP contribution in [-0.2, 0) is 9.84 Å². The Hall–Kier alpha value is -0.820. The number of nitrogens with zero attached hydrogens (tertiary/aromatic N) is 2. The predicted octanol–water partition coefficient (Wildman–Crippen LogP) is 1.61. The number of nitrogens with two attached hydrogens (primary N) is 1. The van der Waals surface area contributed by atoms with Crippen LogP contribution in [0, 0.1) is 5.92 Å². The lowest BCUT2D eigenvalue weighted by molar-refractivity contribution is 0.584. The minimum atomic E-state index is -3.32. The number of sulfone groups is 1. The maximum Gasteiger partial charge on any atom is 0.182 e. The molecule has 1 aromatic heterocycles. The number of aromatic nitrogens is 1. The first-order valence-corrected chi connectivity index (χ1v) is 8.06. The number of nitrogen functional groups attached to an aromatic ring is 1. The smallest absolute Gasteiger partial charge is 0.182 e. The van der Waals surface area contributed by atoms with Crippen molar-refractivity contribution in [2.24, 2.45) is 5.92 Å². The quantitative estimate of drug-likeness (QED) is 0.885. The highest BCUT2D eigenvalue weighted by Crippen LogP contribution is 2.33. The Bertz CT molecular complexity index is 480. The predicted molar refractivity (Wildman–Crippen MR) is 72.4 cm³/mol. The fourth-order valence-electron chi connectivity index (χ4n) is 1.43. The lowest BCUT2D eigenvalue weighted by Crippen LogP contribution is -2.20. The molecule has 1 aromatic rings. The van der Waals surface area contributed by atoms with E-state index in [0.29, 0.717) is 10.9 Å². The van der Waals surface area contributed by atoms with Crippen LogP contribution in [0.25, 0.3) is 0 Å². The van der Waals surface area contributed by atoms with Gasteiger partial charge < -0.3 is 10.6 Å².